The van der Waals surface area contributed by atoms with Crippen molar-refractivity contribution in [1.29, 1.82) is 0 Å². The van der Waals surface area contributed by atoms with Gasteiger partial charge in [0.25, 0.3) is 5.69 Å². The second kappa shape index (κ2) is 11.0. The summed E-state index contributed by atoms with van der Waals surface area (Å²) in [5.74, 6) is -0.247. The van der Waals surface area contributed by atoms with Crippen molar-refractivity contribution in [2.24, 2.45) is 0 Å². The molecule has 2 heterocycles. The Bertz CT molecular complexity index is 995. The summed E-state index contributed by atoms with van der Waals surface area (Å²) in [7, 11) is 0. The van der Waals surface area contributed by atoms with E-state index in [0.29, 0.717) is 0 Å². The number of aromatic nitrogens is 1. The Hall–Kier alpha value is -2.74. The van der Waals surface area contributed by atoms with Crippen molar-refractivity contribution in [3.05, 3.63) is 88.5 Å². The van der Waals surface area contributed by atoms with Crippen LogP contribution in [0.2, 0.25) is 0 Å². The number of pyridine rings is 1. The van der Waals surface area contributed by atoms with E-state index in [2.05, 4.69) is 20.9 Å². The second-order valence-corrected chi connectivity index (χ2v) is 7.13. The lowest BCUT2D eigenvalue weighted by Gasteiger charge is -2.36. The Kier molecular flexibility index (Phi) is 8.74. The van der Waals surface area contributed by atoms with E-state index in [0.717, 1.165) is 55.1 Å². The van der Waals surface area contributed by atoms with Crippen molar-refractivity contribution in [3.63, 3.8) is 0 Å². The quantitative estimate of drug-likeness (QED) is 0.394. The highest BCUT2D eigenvalue weighted by molar-refractivity contribution is 5.85. The number of piperazine rings is 1. The molecule has 1 aliphatic rings. The van der Waals surface area contributed by atoms with Gasteiger partial charge in [0.15, 0.2) is 0 Å². The first kappa shape index (κ1) is 24.5. The summed E-state index contributed by atoms with van der Waals surface area (Å²) >= 11 is 0. The number of non-ortho nitro benzene ring substituents is 1. The fourth-order valence-electron chi connectivity index (χ4n) is 3.58. The number of benzene rings is 2. The molecule has 4 rings (SSSR count). The molecular formula is C22H23Cl2FN4O2. The number of hydrogen-bond donors (Lipinski definition) is 0. The highest BCUT2D eigenvalue weighted by Crippen LogP contribution is 2.23. The summed E-state index contributed by atoms with van der Waals surface area (Å²) < 4.78 is 13.1. The molecule has 0 radical (unpaired) electrons. The third-order valence-electron chi connectivity index (χ3n) is 5.18. The first-order valence-electron chi connectivity index (χ1n) is 9.50. The Morgan fingerprint density at radius 2 is 1.55 bits per heavy atom. The summed E-state index contributed by atoms with van der Waals surface area (Å²) in [4.78, 5) is 19.4. The van der Waals surface area contributed by atoms with Crippen LogP contribution in [-0.2, 0) is 6.54 Å². The minimum absolute atomic E-state index is 0. The van der Waals surface area contributed by atoms with E-state index in [4.69, 9.17) is 0 Å². The first-order chi connectivity index (χ1) is 14.1. The molecule has 6 nitrogen and oxygen atoms in total. The van der Waals surface area contributed by atoms with Crippen molar-refractivity contribution in [2.75, 3.05) is 31.1 Å². The van der Waals surface area contributed by atoms with E-state index < -0.39 is 0 Å². The molecule has 0 spiro atoms. The lowest BCUT2D eigenvalue weighted by Crippen LogP contribution is -2.45. The van der Waals surface area contributed by atoms with Crippen LogP contribution in [0.5, 0.6) is 0 Å². The van der Waals surface area contributed by atoms with Gasteiger partial charge in [-0.3, -0.25) is 20.0 Å². The van der Waals surface area contributed by atoms with E-state index in [-0.39, 0.29) is 41.2 Å². The van der Waals surface area contributed by atoms with Crippen LogP contribution < -0.4 is 4.90 Å². The molecule has 1 aliphatic heterocycles. The fourth-order valence-corrected chi connectivity index (χ4v) is 3.58. The van der Waals surface area contributed by atoms with Gasteiger partial charge in [0, 0.05) is 68.5 Å². The maximum Gasteiger partial charge on any atom is 0.269 e. The summed E-state index contributed by atoms with van der Waals surface area (Å²) in [6.45, 7) is 4.33. The van der Waals surface area contributed by atoms with E-state index in [1.54, 1.807) is 30.5 Å². The van der Waals surface area contributed by atoms with Crippen LogP contribution in [0, 0.1) is 15.9 Å². The maximum absolute atomic E-state index is 13.1. The van der Waals surface area contributed by atoms with Gasteiger partial charge in [-0.1, -0.05) is 12.1 Å². The van der Waals surface area contributed by atoms with Crippen LogP contribution in [0.3, 0.4) is 0 Å². The normalized spacial score (nSPS) is 13.8. The number of nitro groups is 1. The number of hydrogen-bond acceptors (Lipinski definition) is 5. The summed E-state index contributed by atoms with van der Waals surface area (Å²) in [5.41, 5.74) is 4.17. The van der Waals surface area contributed by atoms with E-state index in [9.17, 15) is 14.5 Å². The molecule has 0 saturated carbocycles. The molecule has 1 aromatic heterocycles. The largest absolute Gasteiger partial charge is 0.369 e. The number of nitrogens with zero attached hydrogens (tertiary/aromatic N) is 4. The summed E-state index contributed by atoms with van der Waals surface area (Å²) in [6, 6.07) is 15.3. The zero-order chi connectivity index (χ0) is 20.2. The Morgan fingerprint density at radius 3 is 2.16 bits per heavy atom. The number of halogens is 3. The van der Waals surface area contributed by atoms with Gasteiger partial charge in [-0.05, 0) is 41.5 Å². The third-order valence-corrected chi connectivity index (χ3v) is 5.18. The molecule has 164 valence electrons. The fraction of sp³-hybridized carbons (Fsp3) is 0.227. The van der Waals surface area contributed by atoms with Gasteiger partial charge in [0.1, 0.15) is 5.82 Å². The number of nitro benzene ring substituents is 1. The SMILES string of the molecule is Cl.Cl.O=[N+]([O-])c1ccc(N2CCN(Cc3cncc(-c4ccc(F)cc4)c3)CC2)cc1. The molecule has 1 saturated heterocycles. The molecule has 0 N–H and O–H groups in total. The average molecular weight is 465 g/mol. The van der Waals surface area contributed by atoms with Crippen molar-refractivity contribution < 1.29 is 9.31 Å². The molecule has 0 atom stereocenters. The van der Waals surface area contributed by atoms with Gasteiger partial charge >= 0.3 is 0 Å². The van der Waals surface area contributed by atoms with Crippen LogP contribution >= 0.6 is 24.8 Å². The van der Waals surface area contributed by atoms with E-state index >= 15 is 0 Å². The smallest absolute Gasteiger partial charge is 0.269 e. The van der Waals surface area contributed by atoms with Gasteiger partial charge in [-0.15, -0.1) is 24.8 Å². The molecule has 31 heavy (non-hydrogen) atoms. The van der Waals surface area contributed by atoms with Crippen molar-refractivity contribution in [3.8, 4) is 11.1 Å². The lowest BCUT2D eigenvalue weighted by atomic mass is 10.1. The average Bonchev–Trinajstić information content (AvgIpc) is 2.75. The number of rotatable bonds is 5. The van der Waals surface area contributed by atoms with Crippen LogP contribution in [0.15, 0.2) is 67.0 Å². The van der Waals surface area contributed by atoms with Crippen LogP contribution in [0.1, 0.15) is 5.56 Å². The van der Waals surface area contributed by atoms with Gasteiger partial charge in [-0.2, -0.15) is 0 Å². The predicted molar refractivity (Wildman–Crippen MR) is 125 cm³/mol. The van der Waals surface area contributed by atoms with Crippen LogP contribution in [0.4, 0.5) is 15.8 Å². The molecule has 1 fully saturated rings. The van der Waals surface area contributed by atoms with Crippen LogP contribution in [0.25, 0.3) is 11.1 Å². The molecule has 2 aromatic carbocycles. The first-order valence-corrected chi connectivity index (χ1v) is 9.50. The minimum atomic E-state index is -0.379. The number of anilines is 1. The third kappa shape index (κ3) is 6.13. The van der Waals surface area contributed by atoms with E-state index in [1.807, 2.05) is 18.3 Å². The molecule has 3 aromatic rings. The van der Waals surface area contributed by atoms with Gasteiger partial charge in [0.05, 0.1) is 4.92 Å². The highest BCUT2D eigenvalue weighted by atomic mass is 35.5. The van der Waals surface area contributed by atoms with Gasteiger partial charge < -0.3 is 4.90 Å². The molecular weight excluding hydrogens is 442 g/mol. The van der Waals surface area contributed by atoms with Crippen molar-refractivity contribution in [2.45, 2.75) is 6.54 Å². The van der Waals surface area contributed by atoms with E-state index in [1.165, 1.54) is 12.1 Å². The summed E-state index contributed by atoms with van der Waals surface area (Å²) in [6.07, 6.45) is 3.67. The Balaban J connectivity index is 0.00000171. The second-order valence-electron chi connectivity index (χ2n) is 7.13. The molecule has 0 amide bonds. The Morgan fingerprint density at radius 1 is 0.903 bits per heavy atom. The van der Waals surface area contributed by atoms with Gasteiger partial charge in [-0.25, -0.2) is 4.39 Å². The van der Waals surface area contributed by atoms with Crippen LogP contribution in [-0.4, -0.2) is 41.0 Å². The standard InChI is InChI=1S/C22H21FN4O2.2ClH/c23-20-3-1-18(2-4-20)19-13-17(14-24-15-19)16-25-9-11-26(12-10-25)21-5-7-22(8-6-21)27(28)29;;/h1-8,13-15H,9-12,16H2;2*1H. The molecule has 0 unspecified atom stereocenters. The molecule has 0 aliphatic carbocycles. The lowest BCUT2D eigenvalue weighted by molar-refractivity contribution is -0.384. The molecule has 0 bridgehead atoms. The monoisotopic (exact) mass is 464 g/mol. The van der Waals surface area contributed by atoms with Crippen molar-refractivity contribution >= 4 is 36.2 Å². The maximum atomic E-state index is 13.1. The van der Waals surface area contributed by atoms with Crippen molar-refractivity contribution in [1.82, 2.24) is 9.88 Å². The molecule has 9 heteroatoms. The zero-order valence-corrected chi connectivity index (χ0v) is 18.3. The topological polar surface area (TPSA) is 62.5 Å². The van der Waals surface area contributed by atoms with Gasteiger partial charge in [0.2, 0.25) is 0 Å². The highest BCUT2D eigenvalue weighted by Gasteiger charge is 2.18. The zero-order valence-electron chi connectivity index (χ0n) is 16.7. The summed E-state index contributed by atoms with van der Waals surface area (Å²) in [5, 5.41) is 10.8. The minimum Gasteiger partial charge on any atom is -0.369 e. The predicted octanol–water partition coefficient (Wildman–Crippen LogP) is 4.96. The Labute approximate surface area is 192 Å².